The van der Waals surface area contributed by atoms with Gasteiger partial charge in [-0.25, -0.2) is 13.3 Å². The maximum atomic E-state index is 13.0. The summed E-state index contributed by atoms with van der Waals surface area (Å²) in [6.45, 7) is 0. The van der Waals surface area contributed by atoms with Crippen LogP contribution in [0, 0.1) is 0 Å². The minimum atomic E-state index is -4.79. The third kappa shape index (κ3) is 3.33. The number of hydrogen-bond acceptors (Lipinski definition) is 5. The first kappa shape index (κ1) is 21.4. The van der Waals surface area contributed by atoms with Crippen molar-refractivity contribution in [2.75, 3.05) is 4.90 Å². The number of halogens is 2. The quantitative estimate of drug-likeness (QED) is 0.304. The van der Waals surface area contributed by atoms with Crippen LogP contribution in [0.2, 0.25) is 5.02 Å². The number of benzene rings is 3. The molecule has 0 spiro atoms. The van der Waals surface area contributed by atoms with Gasteiger partial charge in [-0.15, -0.1) is 0 Å². The van der Waals surface area contributed by atoms with Crippen molar-refractivity contribution in [3.63, 3.8) is 0 Å². The Labute approximate surface area is 195 Å². The van der Waals surface area contributed by atoms with Crippen LogP contribution in [0.15, 0.2) is 57.9 Å². The van der Waals surface area contributed by atoms with Crippen LogP contribution >= 0.6 is 27.5 Å². The van der Waals surface area contributed by atoms with Crippen molar-refractivity contribution >= 4 is 65.9 Å². The van der Waals surface area contributed by atoms with Crippen molar-refractivity contribution in [1.82, 2.24) is 0 Å². The van der Waals surface area contributed by atoms with Gasteiger partial charge in [0.05, 0.1) is 15.6 Å². The second kappa shape index (κ2) is 7.53. The molecule has 0 N–H and O–H groups in total. The van der Waals surface area contributed by atoms with Crippen molar-refractivity contribution < 1.29 is 52.1 Å². The predicted molar refractivity (Wildman–Crippen MR) is 102 cm³/mol. The molecule has 1 heterocycles. The number of imide groups is 1. The number of carbonyl (C=O) groups is 2. The Hall–Kier alpha value is -1.26. The van der Waals surface area contributed by atoms with Gasteiger partial charge < -0.3 is 4.55 Å². The Morgan fingerprint density at radius 2 is 1.61 bits per heavy atom. The third-order valence-electron chi connectivity index (χ3n) is 4.30. The fourth-order valence-corrected chi connectivity index (χ4v) is 4.25. The Kier molecular flexibility index (Phi) is 5.77. The molecule has 28 heavy (non-hydrogen) atoms. The zero-order chi connectivity index (χ0) is 19.5. The molecule has 1 aliphatic heterocycles. The number of anilines is 1. The number of hydrogen-bond donors (Lipinski definition) is 0. The van der Waals surface area contributed by atoms with Crippen LogP contribution in [-0.2, 0) is 10.1 Å². The van der Waals surface area contributed by atoms with Gasteiger partial charge in [-0.05, 0) is 41.8 Å². The van der Waals surface area contributed by atoms with E-state index in [0.717, 1.165) is 21.5 Å². The van der Waals surface area contributed by atoms with Crippen molar-refractivity contribution in [2.45, 2.75) is 4.90 Å². The summed E-state index contributed by atoms with van der Waals surface area (Å²) in [5.41, 5.74) is 0.388. The van der Waals surface area contributed by atoms with Crippen molar-refractivity contribution in [3.05, 3.63) is 69.2 Å². The van der Waals surface area contributed by atoms with E-state index in [4.69, 9.17) is 11.6 Å². The molecule has 2 amide bonds. The molecule has 10 heteroatoms. The standard InChI is InChI=1S/C18H9BrClNO5S.Na/c19-13-6-5-12-16-10(13)2-1-3-11(16)17(22)21(18(12)23)15-8-9(27(24,25)26)4-7-14(15)20;/h1-8H,(H,24,25,26);/q;+1/p-1. The van der Waals surface area contributed by atoms with E-state index in [1.807, 2.05) is 0 Å². The van der Waals surface area contributed by atoms with Crippen LogP contribution in [-0.4, -0.2) is 24.8 Å². The van der Waals surface area contributed by atoms with E-state index in [1.165, 1.54) is 6.07 Å². The second-order valence-electron chi connectivity index (χ2n) is 5.84. The first-order valence-electron chi connectivity index (χ1n) is 7.55. The van der Waals surface area contributed by atoms with Gasteiger partial charge in [-0.3, -0.25) is 9.59 Å². The van der Waals surface area contributed by atoms with E-state index in [2.05, 4.69) is 15.9 Å². The molecule has 0 radical (unpaired) electrons. The largest absolute Gasteiger partial charge is 1.00 e. The van der Waals surface area contributed by atoms with Gasteiger partial charge >= 0.3 is 29.6 Å². The molecule has 0 atom stereocenters. The minimum Gasteiger partial charge on any atom is -0.744 e. The summed E-state index contributed by atoms with van der Waals surface area (Å²) < 4.78 is 34.8. The number of nitrogens with zero attached hydrogens (tertiary/aromatic N) is 1. The molecule has 0 aliphatic carbocycles. The van der Waals surface area contributed by atoms with Gasteiger partial charge in [0.2, 0.25) is 0 Å². The predicted octanol–water partition coefficient (Wildman–Crippen LogP) is 0.964. The number of rotatable bonds is 2. The van der Waals surface area contributed by atoms with Gasteiger partial charge in [-0.2, -0.15) is 0 Å². The average Bonchev–Trinajstić information content (AvgIpc) is 2.61. The van der Waals surface area contributed by atoms with E-state index >= 15 is 0 Å². The molecule has 0 saturated heterocycles. The normalized spacial score (nSPS) is 13.6. The van der Waals surface area contributed by atoms with Crippen LogP contribution in [0.25, 0.3) is 10.8 Å². The van der Waals surface area contributed by atoms with Gasteiger partial charge in [0.1, 0.15) is 10.1 Å². The molecule has 0 fully saturated rings. The van der Waals surface area contributed by atoms with Crippen molar-refractivity contribution in [2.24, 2.45) is 0 Å². The zero-order valence-corrected chi connectivity index (χ0v) is 19.4. The SMILES string of the molecule is O=C1c2cccc3c(Br)ccc(c23)C(=O)N1c1cc(S(=O)(=O)[O-])ccc1Cl.[Na+]. The maximum Gasteiger partial charge on any atom is 1.00 e. The van der Waals surface area contributed by atoms with Crippen LogP contribution in [0.4, 0.5) is 5.69 Å². The molecule has 6 nitrogen and oxygen atoms in total. The van der Waals surface area contributed by atoms with Gasteiger partial charge in [0.15, 0.2) is 0 Å². The van der Waals surface area contributed by atoms with Crippen LogP contribution in [0.1, 0.15) is 20.7 Å². The molecule has 3 aromatic rings. The molecule has 1 aliphatic rings. The molecule has 0 bridgehead atoms. The van der Waals surface area contributed by atoms with Crippen LogP contribution < -0.4 is 34.5 Å². The van der Waals surface area contributed by atoms with Crippen LogP contribution in [0.5, 0.6) is 0 Å². The summed E-state index contributed by atoms with van der Waals surface area (Å²) in [5, 5.41) is 1.17. The first-order chi connectivity index (χ1) is 12.7. The minimum absolute atomic E-state index is 0. The molecule has 0 saturated carbocycles. The zero-order valence-electron chi connectivity index (χ0n) is 14.3. The molecule has 0 unspecified atom stereocenters. The van der Waals surface area contributed by atoms with Gasteiger partial charge in [-0.1, -0.05) is 39.7 Å². The molecule has 0 aromatic heterocycles. The van der Waals surface area contributed by atoms with E-state index in [0.29, 0.717) is 10.8 Å². The first-order valence-corrected chi connectivity index (χ1v) is 10.1. The monoisotopic (exact) mass is 487 g/mol. The van der Waals surface area contributed by atoms with Crippen LogP contribution in [0.3, 0.4) is 0 Å². The Balaban J connectivity index is 0.00000225. The fourth-order valence-electron chi connectivity index (χ4n) is 3.10. The van der Waals surface area contributed by atoms with Crippen molar-refractivity contribution in [3.8, 4) is 0 Å². The maximum absolute atomic E-state index is 13.0. The Bertz CT molecular complexity index is 1260. The summed E-state index contributed by atoms with van der Waals surface area (Å²) in [6.07, 6.45) is 0. The summed E-state index contributed by atoms with van der Waals surface area (Å²) in [7, 11) is -4.79. The molecule has 136 valence electrons. The van der Waals surface area contributed by atoms with E-state index < -0.39 is 26.8 Å². The molecule has 3 aromatic carbocycles. The van der Waals surface area contributed by atoms with Gasteiger partial charge in [0, 0.05) is 21.0 Å². The van der Waals surface area contributed by atoms with Gasteiger partial charge in [0.25, 0.3) is 11.8 Å². The Morgan fingerprint density at radius 1 is 0.964 bits per heavy atom. The summed E-state index contributed by atoms with van der Waals surface area (Å²) in [4.78, 5) is 26.3. The summed E-state index contributed by atoms with van der Waals surface area (Å²) in [6, 6.07) is 11.4. The topological polar surface area (TPSA) is 94.6 Å². The molecular formula is C18H8BrClNNaO5S. The second-order valence-corrected chi connectivity index (χ2v) is 8.48. The molecular weight excluding hydrogens is 481 g/mol. The van der Waals surface area contributed by atoms with E-state index in [-0.39, 0.29) is 51.4 Å². The summed E-state index contributed by atoms with van der Waals surface area (Å²) in [5.74, 6) is -1.31. The average molecular weight is 489 g/mol. The third-order valence-corrected chi connectivity index (χ3v) is 6.14. The number of carbonyl (C=O) groups excluding carboxylic acids is 2. The fraction of sp³-hybridized carbons (Fsp3) is 0. The Morgan fingerprint density at radius 3 is 2.25 bits per heavy atom. The smallest absolute Gasteiger partial charge is 0.744 e. The van der Waals surface area contributed by atoms with E-state index in [1.54, 1.807) is 30.3 Å². The number of amides is 2. The molecule has 4 rings (SSSR count). The summed E-state index contributed by atoms with van der Waals surface area (Å²) >= 11 is 9.52. The van der Waals surface area contributed by atoms with E-state index in [9.17, 15) is 22.6 Å². The van der Waals surface area contributed by atoms with Crippen molar-refractivity contribution in [1.29, 1.82) is 0 Å².